The molecule has 0 saturated heterocycles. The molecule has 2 amide bonds. The van der Waals surface area contributed by atoms with Gasteiger partial charge in [0, 0.05) is 12.1 Å². The maximum atomic E-state index is 12.2. The van der Waals surface area contributed by atoms with Gasteiger partial charge in [0.1, 0.15) is 5.60 Å². The number of nitrogens with one attached hydrogen (secondary N) is 2. The number of rotatable bonds is 7. The first-order valence-corrected chi connectivity index (χ1v) is 8.57. The third kappa shape index (κ3) is 8.35. The van der Waals surface area contributed by atoms with Gasteiger partial charge in [0.15, 0.2) is 11.9 Å². The van der Waals surface area contributed by atoms with Crippen molar-refractivity contribution in [1.82, 2.24) is 5.32 Å². The van der Waals surface area contributed by atoms with E-state index in [1.54, 1.807) is 45.0 Å². The van der Waals surface area contributed by atoms with E-state index in [1.807, 2.05) is 0 Å². The number of alkyl carbamates (subject to hydrolysis) is 1. The maximum Gasteiger partial charge on any atom is 0.407 e. The Hall–Kier alpha value is -2.90. The van der Waals surface area contributed by atoms with Crippen LogP contribution in [-0.2, 0) is 19.1 Å². The lowest BCUT2D eigenvalue weighted by atomic mass is 10.1. The fourth-order valence-electron chi connectivity index (χ4n) is 2.02. The molecule has 0 fully saturated rings. The van der Waals surface area contributed by atoms with Gasteiger partial charge in [-0.05, 0) is 46.8 Å². The zero-order valence-corrected chi connectivity index (χ0v) is 16.3. The van der Waals surface area contributed by atoms with Crippen LogP contribution in [0.5, 0.6) is 0 Å². The van der Waals surface area contributed by atoms with Gasteiger partial charge in [-0.25, -0.2) is 4.79 Å². The van der Waals surface area contributed by atoms with Crippen molar-refractivity contribution in [2.75, 3.05) is 11.9 Å². The predicted molar refractivity (Wildman–Crippen MR) is 99.5 cm³/mol. The number of carbonyl (C=O) groups excluding carboxylic acids is 4. The second kappa shape index (κ2) is 9.70. The fraction of sp³-hybridized carbons (Fsp3) is 0.474. The van der Waals surface area contributed by atoms with Crippen LogP contribution in [0.3, 0.4) is 0 Å². The Morgan fingerprint density at radius 1 is 1.11 bits per heavy atom. The van der Waals surface area contributed by atoms with Crippen molar-refractivity contribution in [3.63, 3.8) is 0 Å². The number of ether oxygens (including phenoxy) is 2. The third-order valence-electron chi connectivity index (χ3n) is 3.24. The molecule has 0 heterocycles. The van der Waals surface area contributed by atoms with Gasteiger partial charge in [-0.15, -0.1) is 0 Å². The van der Waals surface area contributed by atoms with Gasteiger partial charge in [0.25, 0.3) is 5.91 Å². The van der Waals surface area contributed by atoms with Gasteiger partial charge in [-0.3, -0.25) is 14.4 Å². The molecule has 0 spiro atoms. The van der Waals surface area contributed by atoms with Gasteiger partial charge < -0.3 is 20.1 Å². The number of para-hydroxylation sites is 1. The van der Waals surface area contributed by atoms with Crippen molar-refractivity contribution < 1.29 is 28.7 Å². The van der Waals surface area contributed by atoms with Crippen molar-refractivity contribution in [1.29, 1.82) is 0 Å². The molecule has 1 unspecified atom stereocenters. The number of amides is 2. The van der Waals surface area contributed by atoms with Crippen LogP contribution in [0.25, 0.3) is 0 Å². The second-order valence-corrected chi connectivity index (χ2v) is 6.90. The number of esters is 1. The number of hydrogen-bond donors (Lipinski definition) is 2. The van der Waals surface area contributed by atoms with Crippen LogP contribution in [0, 0.1) is 0 Å². The van der Waals surface area contributed by atoms with E-state index < -0.39 is 29.7 Å². The summed E-state index contributed by atoms with van der Waals surface area (Å²) in [5.74, 6) is -1.39. The molecule has 1 rings (SSSR count). The van der Waals surface area contributed by atoms with Crippen molar-refractivity contribution in [3.8, 4) is 0 Å². The number of hydrogen-bond acceptors (Lipinski definition) is 6. The van der Waals surface area contributed by atoms with Crippen molar-refractivity contribution >= 4 is 29.4 Å². The summed E-state index contributed by atoms with van der Waals surface area (Å²) < 4.78 is 10.1. The largest absolute Gasteiger partial charge is 0.452 e. The lowest BCUT2D eigenvalue weighted by molar-refractivity contribution is -0.153. The molecule has 0 radical (unpaired) electrons. The van der Waals surface area contributed by atoms with E-state index >= 15 is 0 Å². The Morgan fingerprint density at radius 3 is 2.33 bits per heavy atom. The van der Waals surface area contributed by atoms with Crippen LogP contribution in [0.4, 0.5) is 10.5 Å². The van der Waals surface area contributed by atoms with E-state index in [0.29, 0.717) is 11.3 Å². The van der Waals surface area contributed by atoms with Gasteiger partial charge >= 0.3 is 12.1 Å². The van der Waals surface area contributed by atoms with Crippen LogP contribution < -0.4 is 10.6 Å². The normalized spacial score (nSPS) is 11.9. The molecule has 2 N–H and O–H groups in total. The molecule has 8 heteroatoms. The Balaban J connectivity index is 2.46. The van der Waals surface area contributed by atoms with Crippen LogP contribution in [-0.4, -0.2) is 42.0 Å². The summed E-state index contributed by atoms with van der Waals surface area (Å²) in [5, 5.41) is 5.00. The van der Waals surface area contributed by atoms with Crippen molar-refractivity contribution in [2.24, 2.45) is 0 Å². The van der Waals surface area contributed by atoms with Crippen LogP contribution in [0.15, 0.2) is 24.3 Å². The molecule has 148 valence electrons. The SMILES string of the molecule is CC(=O)c1ccccc1NC(=O)C(C)OC(=O)CCNC(=O)OC(C)(C)C. The minimum Gasteiger partial charge on any atom is -0.452 e. The standard InChI is InChI=1S/C19H26N2O6/c1-12(22)14-8-6-7-9-15(14)21-17(24)13(2)26-16(23)10-11-20-18(25)27-19(3,4)5/h6-9,13H,10-11H2,1-5H3,(H,20,25)(H,21,24). The highest BCUT2D eigenvalue weighted by molar-refractivity contribution is 6.04. The van der Waals surface area contributed by atoms with Gasteiger partial charge in [-0.1, -0.05) is 12.1 Å². The van der Waals surface area contributed by atoms with Crippen LogP contribution in [0.1, 0.15) is 51.4 Å². The summed E-state index contributed by atoms with van der Waals surface area (Å²) in [4.78, 5) is 47.0. The molecular weight excluding hydrogens is 352 g/mol. The topological polar surface area (TPSA) is 111 Å². The molecule has 8 nitrogen and oxygen atoms in total. The van der Waals surface area contributed by atoms with E-state index in [9.17, 15) is 19.2 Å². The quantitative estimate of drug-likeness (QED) is 0.557. The summed E-state index contributed by atoms with van der Waals surface area (Å²) in [7, 11) is 0. The minimum absolute atomic E-state index is 0.0231. The number of Topliss-reactive ketones (excluding diaryl/α,β-unsaturated/α-hetero) is 1. The van der Waals surface area contributed by atoms with E-state index in [4.69, 9.17) is 9.47 Å². The lowest BCUT2D eigenvalue weighted by Crippen LogP contribution is -2.35. The number of benzene rings is 1. The molecule has 0 saturated carbocycles. The Kier molecular flexibility index (Phi) is 7.96. The molecule has 0 aliphatic heterocycles. The Bertz CT molecular complexity index is 708. The minimum atomic E-state index is -1.06. The first-order valence-electron chi connectivity index (χ1n) is 8.57. The molecule has 0 bridgehead atoms. The zero-order chi connectivity index (χ0) is 20.6. The average molecular weight is 378 g/mol. The first-order chi connectivity index (χ1) is 12.5. The van der Waals surface area contributed by atoms with Gasteiger partial charge in [-0.2, -0.15) is 0 Å². The first kappa shape index (κ1) is 22.1. The monoisotopic (exact) mass is 378 g/mol. The van der Waals surface area contributed by atoms with Gasteiger partial charge in [0.05, 0.1) is 12.1 Å². The van der Waals surface area contributed by atoms with Crippen LogP contribution >= 0.6 is 0 Å². The van der Waals surface area contributed by atoms with E-state index in [-0.39, 0.29) is 18.7 Å². The summed E-state index contributed by atoms with van der Waals surface area (Å²) >= 11 is 0. The molecule has 0 aromatic heterocycles. The summed E-state index contributed by atoms with van der Waals surface area (Å²) in [6.45, 7) is 8.02. The molecule has 27 heavy (non-hydrogen) atoms. The molecule has 0 aliphatic rings. The average Bonchev–Trinajstić information content (AvgIpc) is 2.53. The smallest absolute Gasteiger partial charge is 0.407 e. The number of anilines is 1. The van der Waals surface area contributed by atoms with E-state index in [2.05, 4.69) is 10.6 Å². The maximum absolute atomic E-state index is 12.2. The van der Waals surface area contributed by atoms with Crippen LogP contribution in [0.2, 0.25) is 0 Å². The lowest BCUT2D eigenvalue weighted by Gasteiger charge is -2.19. The molecule has 1 aromatic rings. The molecule has 0 aliphatic carbocycles. The third-order valence-corrected chi connectivity index (χ3v) is 3.24. The summed E-state index contributed by atoms with van der Waals surface area (Å²) in [6, 6.07) is 6.56. The highest BCUT2D eigenvalue weighted by Gasteiger charge is 2.20. The predicted octanol–water partition coefficient (Wildman–Crippen LogP) is 2.67. The fourth-order valence-corrected chi connectivity index (χ4v) is 2.02. The Morgan fingerprint density at radius 2 is 1.74 bits per heavy atom. The van der Waals surface area contributed by atoms with E-state index in [0.717, 1.165) is 0 Å². The van der Waals surface area contributed by atoms with Crippen molar-refractivity contribution in [2.45, 2.75) is 52.7 Å². The van der Waals surface area contributed by atoms with Crippen molar-refractivity contribution in [3.05, 3.63) is 29.8 Å². The van der Waals surface area contributed by atoms with Gasteiger partial charge in [0.2, 0.25) is 0 Å². The Labute approximate surface area is 158 Å². The summed E-state index contributed by atoms with van der Waals surface area (Å²) in [6.07, 6.45) is -1.80. The highest BCUT2D eigenvalue weighted by atomic mass is 16.6. The highest BCUT2D eigenvalue weighted by Crippen LogP contribution is 2.16. The number of ketones is 1. The zero-order valence-electron chi connectivity index (χ0n) is 16.3. The molecule has 1 aromatic carbocycles. The van der Waals surface area contributed by atoms with E-state index in [1.165, 1.54) is 13.8 Å². The number of carbonyl (C=O) groups is 4. The molecule has 1 atom stereocenters. The summed E-state index contributed by atoms with van der Waals surface area (Å²) in [5.41, 5.74) is 0.0864. The molecular formula is C19H26N2O6. The second-order valence-electron chi connectivity index (χ2n) is 6.90.